The molecule has 5 heteroatoms. The first kappa shape index (κ1) is 8.25. The lowest BCUT2D eigenvalue weighted by molar-refractivity contribution is 0.543. The molecule has 0 saturated heterocycles. The van der Waals surface area contributed by atoms with E-state index >= 15 is 0 Å². The van der Waals surface area contributed by atoms with Crippen molar-refractivity contribution in [3.8, 4) is 0 Å². The molecule has 2 aromatic rings. The van der Waals surface area contributed by atoms with Gasteiger partial charge in [-0.15, -0.1) is 0 Å². The Balaban J connectivity index is 2.87. The van der Waals surface area contributed by atoms with Crippen molar-refractivity contribution >= 4 is 21.3 Å². The second-order valence-electron chi connectivity index (χ2n) is 2.61. The molecule has 0 aliphatic heterocycles. The molecule has 1 aromatic heterocycles. The summed E-state index contributed by atoms with van der Waals surface area (Å²) in [5.41, 5.74) is 0.352. The monoisotopic (exact) mass is 199 g/mol. The number of rotatable bonds is 1. The number of fused-ring (bicyclic) bond motifs is 1. The minimum atomic E-state index is -4.67. The number of aromatic nitrogens is 1. The molecule has 1 aromatic carbocycles. The van der Waals surface area contributed by atoms with Crippen LogP contribution in [0.15, 0.2) is 36.5 Å². The second kappa shape index (κ2) is 2.56. The lowest BCUT2D eigenvalue weighted by atomic mass is 10.3. The predicted octanol–water partition coefficient (Wildman–Crippen LogP) is 1.70. The quantitative estimate of drug-likeness (QED) is 0.656. The van der Waals surface area contributed by atoms with Crippen molar-refractivity contribution in [3.05, 3.63) is 36.5 Å². The fourth-order valence-electron chi connectivity index (χ4n) is 1.25. The molecule has 13 heavy (non-hydrogen) atoms. The zero-order chi connectivity index (χ0) is 9.47. The van der Waals surface area contributed by atoms with E-state index in [1.165, 1.54) is 6.20 Å². The molecule has 0 fully saturated rings. The SMILES string of the molecule is O=S(=O)(F)n1ccc2ccccc21. The van der Waals surface area contributed by atoms with E-state index in [-0.39, 0.29) is 0 Å². The molecule has 0 unspecified atom stereocenters. The van der Waals surface area contributed by atoms with E-state index in [0.717, 1.165) is 0 Å². The van der Waals surface area contributed by atoms with Gasteiger partial charge in [0.2, 0.25) is 0 Å². The van der Waals surface area contributed by atoms with Crippen molar-refractivity contribution in [2.24, 2.45) is 0 Å². The summed E-state index contributed by atoms with van der Waals surface area (Å²) in [6, 6.07) is 8.23. The van der Waals surface area contributed by atoms with Crippen LogP contribution in [0.25, 0.3) is 10.9 Å². The van der Waals surface area contributed by atoms with E-state index in [1.807, 2.05) is 0 Å². The van der Waals surface area contributed by atoms with Gasteiger partial charge in [-0.1, -0.05) is 22.1 Å². The minimum Gasteiger partial charge on any atom is -0.219 e. The third kappa shape index (κ3) is 1.31. The summed E-state index contributed by atoms with van der Waals surface area (Å²) in [4.78, 5) is 0. The van der Waals surface area contributed by atoms with Gasteiger partial charge in [-0.2, -0.15) is 8.42 Å². The first-order valence-corrected chi connectivity index (χ1v) is 4.94. The zero-order valence-electron chi connectivity index (χ0n) is 6.51. The number of halogens is 1. The average Bonchev–Trinajstić information content (AvgIpc) is 2.45. The smallest absolute Gasteiger partial charge is 0.219 e. The van der Waals surface area contributed by atoms with E-state index in [2.05, 4.69) is 0 Å². The number of hydrogen-bond donors (Lipinski definition) is 0. The minimum absolute atomic E-state index is 0.352. The summed E-state index contributed by atoms with van der Waals surface area (Å²) < 4.78 is 34.4. The van der Waals surface area contributed by atoms with Gasteiger partial charge in [0.15, 0.2) is 0 Å². The van der Waals surface area contributed by atoms with Crippen LogP contribution in [-0.4, -0.2) is 12.4 Å². The lowest BCUT2D eigenvalue weighted by Gasteiger charge is -1.96. The summed E-state index contributed by atoms with van der Waals surface area (Å²) in [6.07, 6.45) is 1.19. The zero-order valence-corrected chi connectivity index (χ0v) is 7.33. The predicted molar refractivity (Wildman–Crippen MR) is 47.4 cm³/mol. The Hall–Kier alpha value is -1.36. The van der Waals surface area contributed by atoms with Crippen LogP contribution in [0.4, 0.5) is 3.89 Å². The summed E-state index contributed by atoms with van der Waals surface area (Å²) in [5.74, 6) is 0. The maximum atomic E-state index is 12.6. The van der Waals surface area contributed by atoms with Crippen LogP contribution in [-0.2, 0) is 10.4 Å². The molecule has 0 aliphatic carbocycles. The molecule has 68 valence electrons. The Labute approximate surface area is 74.8 Å². The van der Waals surface area contributed by atoms with E-state index in [0.29, 0.717) is 14.9 Å². The van der Waals surface area contributed by atoms with Gasteiger partial charge in [0, 0.05) is 11.6 Å². The highest BCUT2D eigenvalue weighted by Crippen LogP contribution is 2.17. The van der Waals surface area contributed by atoms with Gasteiger partial charge in [-0.05, 0) is 12.1 Å². The van der Waals surface area contributed by atoms with Crippen molar-refractivity contribution in [2.75, 3.05) is 0 Å². The molecule has 0 amide bonds. The molecule has 0 saturated carbocycles. The first-order valence-electron chi connectivity index (χ1n) is 3.60. The summed E-state index contributed by atoms with van der Waals surface area (Å²) >= 11 is 0. The van der Waals surface area contributed by atoms with Crippen LogP contribution in [0.3, 0.4) is 0 Å². The molecule has 0 spiro atoms. The van der Waals surface area contributed by atoms with Gasteiger partial charge < -0.3 is 0 Å². The third-order valence-corrected chi connectivity index (χ3v) is 2.59. The molecule has 3 nitrogen and oxygen atoms in total. The van der Waals surface area contributed by atoms with Crippen LogP contribution in [0, 0.1) is 0 Å². The fraction of sp³-hybridized carbons (Fsp3) is 0. The normalized spacial score (nSPS) is 12.1. The Morgan fingerprint density at radius 3 is 2.54 bits per heavy atom. The molecule has 1 heterocycles. The van der Waals surface area contributed by atoms with Crippen LogP contribution < -0.4 is 0 Å². The lowest BCUT2D eigenvalue weighted by Crippen LogP contribution is -2.03. The van der Waals surface area contributed by atoms with Crippen molar-refractivity contribution < 1.29 is 12.3 Å². The van der Waals surface area contributed by atoms with Crippen LogP contribution in [0.2, 0.25) is 0 Å². The Morgan fingerprint density at radius 2 is 1.85 bits per heavy atom. The number of nitrogens with zero attached hydrogens (tertiary/aromatic N) is 1. The van der Waals surface area contributed by atoms with Crippen LogP contribution in [0.5, 0.6) is 0 Å². The van der Waals surface area contributed by atoms with Gasteiger partial charge in [0.1, 0.15) is 0 Å². The molecular weight excluding hydrogens is 193 g/mol. The Bertz CT molecular complexity index is 544. The van der Waals surface area contributed by atoms with E-state index in [1.54, 1.807) is 30.3 Å². The van der Waals surface area contributed by atoms with Crippen molar-refractivity contribution in [1.82, 2.24) is 3.97 Å². The van der Waals surface area contributed by atoms with Gasteiger partial charge >= 0.3 is 10.4 Å². The van der Waals surface area contributed by atoms with Gasteiger partial charge in [0.05, 0.1) is 5.52 Å². The molecule has 0 atom stereocenters. The van der Waals surface area contributed by atoms with Gasteiger partial charge in [0.25, 0.3) is 0 Å². The largest absolute Gasteiger partial charge is 0.403 e. The summed E-state index contributed by atoms with van der Waals surface area (Å²) in [5, 5.41) is 0.698. The maximum Gasteiger partial charge on any atom is 0.403 e. The van der Waals surface area contributed by atoms with Crippen molar-refractivity contribution in [2.45, 2.75) is 0 Å². The summed E-state index contributed by atoms with van der Waals surface area (Å²) in [6.45, 7) is 0. The molecule has 0 N–H and O–H groups in total. The highest BCUT2D eigenvalue weighted by Gasteiger charge is 2.12. The number of benzene rings is 1. The molecule has 0 radical (unpaired) electrons. The number of hydrogen-bond acceptors (Lipinski definition) is 2. The van der Waals surface area contributed by atoms with Gasteiger partial charge in [-0.3, -0.25) is 0 Å². The van der Waals surface area contributed by atoms with Crippen LogP contribution >= 0.6 is 0 Å². The molecule has 0 aliphatic rings. The topological polar surface area (TPSA) is 39.1 Å². The third-order valence-electron chi connectivity index (χ3n) is 1.80. The Morgan fingerprint density at radius 1 is 1.15 bits per heavy atom. The fourth-order valence-corrected chi connectivity index (χ4v) is 1.86. The van der Waals surface area contributed by atoms with E-state index in [4.69, 9.17) is 0 Å². The first-order chi connectivity index (χ1) is 6.09. The van der Waals surface area contributed by atoms with Crippen LogP contribution in [0.1, 0.15) is 0 Å². The maximum absolute atomic E-state index is 12.6. The standard InChI is InChI=1S/C8H6FNO2S/c9-13(11,12)10-6-5-7-3-1-2-4-8(7)10/h1-6H. The highest BCUT2D eigenvalue weighted by atomic mass is 32.3. The Kier molecular flexibility index (Phi) is 1.63. The van der Waals surface area contributed by atoms with Gasteiger partial charge in [-0.25, -0.2) is 3.97 Å². The van der Waals surface area contributed by atoms with Crippen molar-refractivity contribution in [1.29, 1.82) is 0 Å². The summed E-state index contributed by atoms with van der Waals surface area (Å²) in [7, 11) is -4.67. The molecule has 2 rings (SSSR count). The molecular formula is C8H6FNO2S. The average molecular weight is 199 g/mol. The number of para-hydroxylation sites is 1. The highest BCUT2D eigenvalue weighted by molar-refractivity contribution is 7.85. The van der Waals surface area contributed by atoms with Crippen molar-refractivity contribution in [3.63, 3.8) is 0 Å². The van der Waals surface area contributed by atoms with E-state index < -0.39 is 10.4 Å². The second-order valence-corrected chi connectivity index (χ2v) is 3.83. The molecule has 0 bridgehead atoms. The van der Waals surface area contributed by atoms with E-state index in [9.17, 15) is 12.3 Å².